The average Bonchev–Trinajstić information content (AvgIpc) is 3.44. The van der Waals surface area contributed by atoms with E-state index in [9.17, 15) is 4.39 Å². The first-order valence-electron chi connectivity index (χ1n) is 11.5. The van der Waals surface area contributed by atoms with Gasteiger partial charge in [0.25, 0.3) is 0 Å². The minimum atomic E-state index is -0.165. The van der Waals surface area contributed by atoms with Crippen LogP contribution >= 0.6 is 0 Å². The van der Waals surface area contributed by atoms with E-state index in [1.54, 1.807) is 12.1 Å². The highest BCUT2D eigenvalue weighted by atomic mass is 19.1. The second-order valence-electron chi connectivity index (χ2n) is 9.43. The van der Waals surface area contributed by atoms with Crippen molar-refractivity contribution in [2.45, 2.75) is 56.1 Å². The Hall–Kier alpha value is -2.22. The van der Waals surface area contributed by atoms with Gasteiger partial charge >= 0.3 is 0 Å². The molecule has 5 N–H and O–H groups in total. The van der Waals surface area contributed by atoms with Gasteiger partial charge in [0, 0.05) is 30.4 Å². The summed E-state index contributed by atoms with van der Waals surface area (Å²) in [5.41, 5.74) is 12.5. The lowest BCUT2D eigenvalue weighted by Gasteiger charge is -2.41. The number of nitrogens with two attached hydrogens (primary N) is 1. The number of nitrogens with one attached hydrogen (secondary N) is 3. The summed E-state index contributed by atoms with van der Waals surface area (Å²) in [5, 5.41) is 5.85. The largest absolute Gasteiger partial charge is 0.346 e. The molecule has 1 aromatic heterocycles. The zero-order valence-corrected chi connectivity index (χ0v) is 18.2. The molecule has 0 bridgehead atoms. The van der Waals surface area contributed by atoms with Gasteiger partial charge in [-0.1, -0.05) is 12.1 Å². The number of aromatic amines is 1. The van der Waals surface area contributed by atoms with Crippen molar-refractivity contribution in [1.82, 2.24) is 20.7 Å². The van der Waals surface area contributed by atoms with Crippen molar-refractivity contribution in [3.05, 3.63) is 53.5 Å². The van der Waals surface area contributed by atoms with E-state index < -0.39 is 0 Å². The van der Waals surface area contributed by atoms with Crippen LogP contribution in [0.1, 0.15) is 55.7 Å². The van der Waals surface area contributed by atoms with Gasteiger partial charge in [-0.15, -0.1) is 0 Å². The number of nitrogens with zero attached hydrogens (tertiary/aromatic N) is 2. The van der Waals surface area contributed by atoms with Crippen molar-refractivity contribution < 1.29 is 4.39 Å². The van der Waals surface area contributed by atoms with Crippen molar-refractivity contribution in [2.75, 3.05) is 13.6 Å². The highest BCUT2D eigenvalue weighted by molar-refractivity contribution is 5.66. The number of benzene rings is 1. The summed E-state index contributed by atoms with van der Waals surface area (Å²) in [4.78, 5) is 7.69. The lowest BCUT2D eigenvalue weighted by Crippen LogP contribution is -2.50. The van der Waals surface area contributed by atoms with Gasteiger partial charge in [-0.05, 0) is 80.7 Å². The number of aliphatic imine (C=N–C) groups is 1. The lowest BCUT2D eigenvalue weighted by molar-refractivity contribution is 0.150. The molecule has 2 fully saturated rings. The van der Waals surface area contributed by atoms with Crippen LogP contribution < -0.4 is 16.5 Å². The minimum Gasteiger partial charge on any atom is -0.346 e. The summed E-state index contributed by atoms with van der Waals surface area (Å²) >= 11 is 0. The zero-order chi connectivity index (χ0) is 21.4. The Bertz CT molecular complexity index is 910. The molecule has 5 rings (SSSR count). The maximum atomic E-state index is 13.3. The first-order valence-corrected chi connectivity index (χ1v) is 11.5. The molecule has 0 radical (unpaired) electrons. The third kappa shape index (κ3) is 4.02. The van der Waals surface area contributed by atoms with Crippen LogP contribution in [0.2, 0.25) is 0 Å². The Kier molecular flexibility index (Phi) is 5.58. The van der Waals surface area contributed by atoms with E-state index in [-0.39, 0.29) is 23.4 Å². The second-order valence-corrected chi connectivity index (χ2v) is 9.43. The van der Waals surface area contributed by atoms with Crippen LogP contribution in [0.5, 0.6) is 0 Å². The summed E-state index contributed by atoms with van der Waals surface area (Å²) in [6.07, 6.45) is 10.8. The van der Waals surface area contributed by atoms with Crippen LogP contribution in [-0.2, 0) is 5.54 Å². The van der Waals surface area contributed by atoms with E-state index in [1.165, 1.54) is 24.0 Å². The molecule has 1 aliphatic heterocycles. The molecule has 2 unspecified atom stereocenters. The van der Waals surface area contributed by atoms with Crippen molar-refractivity contribution in [3.8, 4) is 0 Å². The monoisotopic (exact) mass is 424 g/mol. The smallest absolute Gasteiger partial charge is 0.137 e. The molecule has 2 heterocycles. The molecule has 31 heavy (non-hydrogen) atoms. The van der Waals surface area contributed by atoms with Crippen LogP contribution in [0.15, 0.2) is 41.5 Å². The highest BCUT2D eigenvalue weighted by Gasteiger charge is 2.44. The zero-order valence-electron chi connectivity index (χ0n) is 18.2. The summed E-state index contributed by atoms with van der Waals surface area (Å²) in [7, 11) is 1.92. The fraction of sp³-hybridized carbons (Fsp3) is 0.542. The Balaban J connectivity index is 1.16. The molecule has 2 saturated carbocycles. The standard InChI is InChI=1S/C24H33FN6/c1-27-31-15-29-23-20(10-13-28-23)22(31)21(26)17-4-2-16(3-5-17)14-30-24(11-12-24)18-6-8-19(25)9-7-18/h6-10,13,15-17,21-22,27-28,30H,2-5,11-12,14,26H2,1H3. The molecule has 2 aromatic rings. The Morgan fingerprint density at radius 1 is 1.19 bits per heavy atom. The van der Waals surface area contributed by atoms with Gasteiger partial charge in [0.1, 0.15) is 18.0 Å². The molecular weight excluding hydrogens is 391 g/mol. The maximum absolute atomic E-state index is 13.3. The number of rotatable bonds is 7. The topological polar surface area (TPSA) is 81.5 Å². The van der Waals surface area contributed by atoms with Crippen molar-refractivity contribution in [3.63, 3.8) is 0 Å². The number of aromatic nitrogens is 1. The Morgan fingerprint density at radius 2 is 1.94 bits per heavy atom. The molecule has 6 nitrogen and oxygen atoms in total. The SMILES string of the molecule is CNN1C=Nc2[nH]ccc2C1C(N)C1CCC(CNC2(c3ccc(F)cc3)CC2)CC1. The van der Waals surface area contributed by atoms with Gasteiger partial charge in [0.15, 0.2) is 0 Å². The predicted octanol–water partition coefficient (Wildman–Crippen LogP) is 3.72. The summed E-state index contributed by atoms with van der Waals surface area (Å²) in [5.74, 6) is 1.93. The fourth-order valence-corrected chi connectivity index (χ4v) is 5.49. The minimum absolute atomic E-state index is 0.0525. The molecule has 7 heteroatoms. The van der Waals surface area contributed by atoms with Crippen LogP contribution in [0.25, 0.3) is 0 Å². The molecule has 0 saturated heterocycles. The number of fused-ring (bicyclic) bond motifs is 1. The molecule has 3 aliphatic rings. The van der Waals surface area contributed by atoms with Crippen LogP contribution in [0.4, 0.5) is 10.2 Å². The van der Waals surface area contributed by atoms with E-state index in [0.29, 0.717) is 11.8 Å². The third-order valence-corrected chi connectivity index (χ3v) is 7.62. The van der Waals surface area contributed by atoms with Crippen molar-refractivity contribution in [2.24, 2.45) is 22.6 Å². The van der Waals surface area contributed by atoms with Gasteiger partial charge in [-0.3, -0.25) is 5.01 Å². The Morgan fingerprint density at radius 3 is 2.61 bits per heavy atom. The molecule has 166 valence electrons. The summed E-state index contributed by atoms with van der Waals surface area (Å²) in [6, 6.07) is 9.26. The molecular formula is C24H33FN6. The third-order valence-electron chi connectivity index (χ3n) is 7.62. The maximum Gasteiger partial charge on any atom is 0.137 e. The Labute approximate surface area is 183 Å². The fourth-order valence-electron chi connectivity index (χ4n) is 5.49. The number of hydrogen-bond acceptors (Lipinski definition) is 5. The number of hydrazine groups is 1. The molecule has 2 aliphatic carbocycles. The quantitative estimate of drug-likeness (QED) is 0.546. The summed E-state index contributed by atoms with van der Waals surface area (Å²) in [6.45, 7) is 1.03. The van der Waals surface area contributed by atoms with E-state index in [4.69, 9.17) is 5.73 Å². The van der Waals surface area contributed by atoms with Crippen LogP contribution in [0.3, 0.4) is 0 Å². The van der Waals surface area contributed by atoms with Crippen molar-refractivity contribution in [1.29, 1.82) is 0 Å². The first-order chi connectivity index (χ1) is 15.1. The first kappa shape index (κ1) is 20.7. The van der Waals surface area contributed by atoms with Crippen molar-refractivity contribution >= 4 is 12.2 Å². The van der Waals surface area contributed by atoms with Gasteiger partial charge < -0.3 is 16.0 Å². The molecule has 0 amide bonds. The predicted molar refractivity (Wildman–Crippen MR) is 121 cm³/mol. The molecule has 0 spiro atoms. The van der Waals surface area contributed by atoms with Gasteiger partial charge in [-0.25, -0.2) is 14.8 Å². The van der Waals surface area contributed by atoms with E-state index in [2.05, 4.69) is 26.8 Å². The normalized spacial score (nSPS) is 27.7. The highest BCUT2D eigenvalue weighted by Crippen LogP contribution is 2.46. The molecule has 1 aromatic carbocycles. The summed E-state index contributed by atoms with van der Waals surface area (Å²) < 4.78 is 13.3. The second kappa shape index (κ2) is 8.37. The lowest BCUT2D eigenvalue weighted by atomic mass is 9.75. The van der Waals surface area contributed by atoms with E-state index in [1.807, 2.05) is 36.7 Å². The van der Waals surface area contributed by atoms with Crippen LogP contribution in [0, 0.1) is 17.7 Å². The van der Waals surface area contributed by atoms with Gasteiger partial charge in [-0.2, -0.15) is 0 Å². The van der Waals surface area contributed by atoms with Gasteiger partial charge in [0.05, 0.1) is 6.04 Å². The van der Waals surface area contributed by atoms with Crippen LogP contribution in [-0.4, -0.2) is 36.0 Å². The average molecular weight is 425 g/mol. The van der Waals surface area contributed by atoms with E-state index >= 15 is 0 Å². The molecule has 2 atom stereocenters. The van der Waals surface area contributed by atoms with E-state index in [0.717, 1.165) is 38.0 Å². The number of halogens is 1. The van der Waals surface area contributed by atoms with Gasteiger partial charge in [0.2, 0.25) is 0 Å². The number of H-pyrrole nitrogens is 1. The number of hydrogen-bond donors (Lipinski definition) is 4.